The van der Waals surface area contributed by atoms with Crippen molar-refractivity contribution < 1.29 is 9.32 Å². The molecule has 6 rings (SSSR count). The van der Waals surface area contributed by atoms with Gasteiger partial charge in [-0.2, -0.15) is 4.98 Å². The van der Waals surface area contributed by atoms with Gasteiger partial charge in [0.25, 0.3) is 5.71 Å². The summed E-state index contributed by atoms with van der Waals surface area (Å²) in [6.45, 7) is 4.52. The first kappa shape index (κ1) is 25.1. The maximum Gasteiger partial charge on any atom is 0.321 e. The molecular weight excluding hydrogens is 512 g/mol. The van der Waals surface area contributed by atoms with Crippen molar-refractivity contribution in [2.24, 2.45) is 0 Å². The lowest BCUT2D eigenvalue weighted by molar-refractivity contribution is 0.208. The van der Waals surface area contributed by atoms with Gasteiger partial charge in [-0.25, -0.2) is 9.78 Å². The van der Waals surface area contributed by atoms with E-state index in [-0.39, 0.29) is 6.03 Å². The van der Waals surface area contributed by atoms with E-state index >= 15 is 0 Å². The lowest BCUT2D eigenvalue weighted by atomic mass is 10.0. The minimum absolute atomic E-state index is 0.143. The standard InChI is InChI=1S/C30H29ClN6O2/c1-2-3-11-25-33-28(36-14-16-37(17-15-36)30(38)32-24-10-6-9-23(31)19-24)26-27(35-39-29(26)34-25)22-13-12-20-7-4-5-8-21(20)18-22/h4-10,12-13,18-19H,2-3,11,14-17H2,1H3,(H,32,38). The number of rotatable bonds is 6. The highest BCUT2D eigenvalue weighted by Crippen LogP contribution is 2.35. The van der Waals surface area contributed by atoms with Crippen LogP contribution in [0.1, 0.15) is 25.6 Å². The Balaban J connectivity index is 1.30. The highest BCUT2D eigenvalue weighted by molar-refractivity contribution is 6.30. The normalized spacial score (nSPS) is 13.8. The van der Waals surface area contributed by atoms with Crippen LogP contribution in [0.3, 0.4) is 0 Å². The Morgan fingerprint density at radius 1 is 0.974 bits per heavy atom. The van der Waals surface area contributed by atoms with Crippen LogP contribution in [0.2, 0.25) is 5.02 Å². The molecule has 0 radical (unpaired) electrons. The predicted molar refractivity (Wildman–Crippen MR) is 155 cm³/mol. The van der Waals surface area contributed by atoms with Gasteiger partial charge in [-0.1, -0.05) is 72.6 Å². The van der Waals surface area contributed by atoms with Crippen LogP contribution in [0.25, 0.3) is 33.1 Å². The molecule has 3 heterocycles. The van der Waals surface area contributed by atoms with Gasteiger partial charge >= 0.3 is 6.03 Å². The van der Waals surface area contributed by atoms with Gasteiger partial charge in [-0.05, 0) is 41.5 Å². The van der Waals surface area contributed by atoms with Gasteiger partial charge in [0.15, 0.2) is 0 Å². The number of benzene rings is 3. The second kappa shape index (κ2) is 10.9. The number of urea groups is 1. The maximum atomic E-state index is 12.9. The summed E-state index contributed by atoms with van der Waals surface area (Å²) in [6.07, 6.45) is 2.82. The summed E-state index contributed by atoms with van der Waals surface area (Å²) in [5.74, 6) is 1.56. The average molecular weight is 541 g/mol. The van der Waals surface area contributed by atoms with Crippen molar-refractivity contribution in [3.8, 4) is 11.3 Å². The topological polar surface area (TPSA) is 87.4 Å². The van der Waals surface area contributed by atoms with Gasteiger partial charge in [0.2, 0.25) is 0 Å². The molecule has 5 aromatic rings. The van der Waals surface area contributed by atoms with Crippen LogP contribution in [0.4, 0.5) is 16.3 Å². The number of halogens is 1. The van der Waals surface area contributed by atoms with Crippen molar-refractivity contribution in [3.63, 3.8) is 0 Å². The molecule has 0 saturated carbocycles. The largest absolute Gasteiger partial charge is 0.352 e. The SMILES string of the molecule is CCCCc1nc(N2CCN(C(=O)Nc3cccc(Cl)c3)CC2)c2c(-c3ccc4ccccc4c3)noc2n1. The first-order valence-electron chi connectivity index (χ1n) is 13.3. The molecule has 1 N–H and O–H groups in total. The van der Waals surface area contributed by atoms with Crippen LogP contribution in [-0.2, 0) is 6.42 Å². The number of piperazine rings is 1. The number of carbonyl (C=O) groups excluding carboxylic acids is 1. The van der Waals surface area contributed by atoms with Gasteiger partial charge < -0.3 is 19.6 Å². The summed E-state index contributed by atoms with van der Waals surface area (Å²) < 4.78 is 5.79. The van der Waals surface area contributed by atoms with E-state index in [1.54, 1.807) is 12.1 Å². The van der Waals surface area contributed by atoms with Gasteiger partial charge in [-0.3, -0.25) is 0 Å². The Kier molecular flexibility index (Phi) is 7.02. The summed E-state index contributed by atoms with van der Waals surface area (Å²) in [5, 5.41) is 11.1. The van der Waals surface area contributed by atoms with Crippen LogP contribution in [0.5, 0.6) is 0 Å². The average Bonchev–Trinajstić information content (AvgIpc) is 3.39. The molecule has 39 heavy (non-hydrogen) atoms. The maximum absolute atomic E-state index is 12.9. The van der Waals surface area contributed by atoms with Crippen LogP contribution >= 0.6 is 11.6 Å². The second-order valence-corrected chi connectivity index (χ2v) is 10.2. The fourth-order valence-corrected chi connectivity index (χ4v) is 5.17. The third-order valence-corrected chi connectivity index (χ3v) is 7.32. The summed E-state index contributed by atoms with van der Waals surface area (Å²) in [7, 11) is 0. The van der Waals surface area contributed by atoms with Crippen LogP contribution < -0.4 is 10.2 Å². The van der Waals surface area contributed by atoms with E-state index in [1.165, 1.54) is 5.39 Å². The number of fused-ring (bicyclic) bond motifs is 2. The number of aromatic nitrogens is 3. The fourth-order valence-electron chi connectivity index (χ4n) is 4.98. The van der Waals surface area contributed by atoms with E-state index in [0.717, 1.165) is 52.9 Å². The molecule has 0 aliphatic carbocycles. The van der Waals surface area contributed by atoms with Gasteiger partial charge in [0.1, 0.15) is 22.7 Å². The zero-order chi connectivity index (χ0) is 26.8. The molecule has 198 valence electrons. The molecule has 0 atom stereocenters. The highest BCUT2D eigenvalue weighted by atomic mass is 35.5. The van der Waals surface area contributed by atoms with Crippen molar-refractivity contribution >= 4 is 51.0 Å². The van der Waals surface area contributed by atoms with E-state index in [1.807, 2.05) is 29.2 Å². The van der Waals surface area contributed by atoms with Crippen molar-refractivity contribution in [2.75, 3.05) is 36.4 Å². The molecule has 0 unspecified atom stereocenters. The second-order valence-electron chi connectivity index (χ2n) is 9.75. The number of hydrogen-bond acceptors (Lipinski definition) is 6. The molecule has 1 fully saturated rings. The first-order valence-corrected chi connectivity index (χ1v) is 13.7. The number of unbranched alkanes of at least 4 members (excludes halogenated alkanes) is 1. The van der Waals surface area contributed by atoms with Crippen molar-refractivity contribution in [1.29, 1.82) is 0 Å². The van der Waals surface area contributed by atoms with Crippen LogP contribution in [0, 0.1) is 0 Å². The number of nitrogens with zero attached hydrogens (tertiary/aromatic N) is 5. The zero-order valence-electron chi connectivity index (χ0n) is 21.7. The number of carbonyl (C=O) groups is 1. The Bertz CT molecular complexity index is 1640. The van der Waals surface area contributed by atoms with E-state index in [9.17, 15) is 4.79 Å². The summed E-state index contributed by atoms with van der Waals surface area (Å²) in [4.78, 5) is 26.7. The van der Waals surface area contributed by atoms with Gasteiger partial charge in [-0.15, -0.1) is 0 Å². The number of hydrogen-bond donors (Lipinski definition) is 1. The molecular formula is C30H29ClN6O2. The molecule has 1 aliphatic heterocycles. The predicted octanol–water partition coefficient (Wildman–Crippen LogP) is 6.79. The lowest BCUT2D eigenvalue weighted by Crippen LogP contribution is -2.50. The van der Waals surface area contributed by atoms with E-state index in [4.69, 9.17) is 26.1 Å². The molecule has 9 heteroatoms. The number of anilines is 2. The number of nitrogens with one attached hydrogen (secondary N) is 1. The Morgan fingerprint density at radius 2 is 1.79 bits per heavy atom. The monoisotopic (exact) mass is 540 g/mol. The van der Waals surface area contributed by atoms with E-state index in [2.05, 4.69) is 52.6 Å². The molecule has 3 aromatic carbocycles. The third-order valence-electron chi connectivity index (χ3n) is 7.08. The summed E-state index contributed by atoms with van der Waals surface area (Å²) in [5.41, 5.74) is 2.86. The van der Waals surface area contributed by atoms with Gasteiger partial charge in [0.05, 0.1) is 0 Å². The minimum atomic E-state index is -0.143. The molecule has 0 spiro atoms. The fraction of sp³-hybridized carbons (Fsp3) is 0.267. The third kappa shape index (κ3) is 5.25. The zero-order valence-corrected chi connectivity index (χ0v) is 22.5. The molecule has 1 aliphatic rings. The molecule has 1 saturated heterocycles. The molecule has 8 nitrogen and oxygen atoms in total. The molecule has 0 bridgehead atoms. The van der Waals surface area contributed by atoms with Gasteiger partial charge in [0, 0.05) is 48.9 Å². The Morgan fingerprint density at radius 3 is 2.59 bits per heavy atom. The van der Waals surface area contributed by atoms with Crippen molar-refractivity contribution in [1.82, 2.24) is 20.0 Å². The van der Waals surface area contributed by atoms with Crippen LogP contribution in [-0.4, -0.2) is 52.2 Å². The smallest absolute Gasteiger partial charge is 0.321 e. The summed E-state index contributed by atoms with van der Waals surface area (Å²) in [6, 6.07) is 21.6. The highest BCUT2D eigenvalue weighted by Gasteiger charge is 2.27. The first-order chi connectivity index (χ1) is 19.1. The lowest BCUT2D eigenvalue weighted by Gasteiger charge is -2.35. The quantitative estimate of drug-likeness (QED) is 0.255. The minimum Gasteiger partial charge on any atom is -0.352 e. The van der Waals surface area contributed by atoms with E-state index in [0.29, 0.717) is 42.6 Å². The van der Waals surface area contributed by atoms with Crippen LogP contribution in [0.15, 0.2) is 71.3 Å². The van der Waals surface area contributed by atoms with Crippen molar-refractivity contribution in [3.05, 3.63) is 77.6 Å². The Hall–Kier alpha value is -4.17. The van der Waals surface area contributed by atoms with Crippen molar-refractivity contribution in [2.45, 2.75) is 26.2 Å². The van der Waals surface area contributed by atoms with E-state index < -0.39 is 0 Å². The number of aryl methyl sites for hydroxylation is 1. The number of amides is 2. The summed E-state index contributed by atoms with van der Waals surface area (Å²) >= 11 is 6.07. The Labute approximate surface area is 231 Å². The molecule has 2 aromatic heterocycles. The molecule has 2 amide bonds.